The number of ether oxygens (including phenoxy) is 2. The summed E-state index contributed by atoms with van der Waals surface area (Å²) < 4.78 is 8.09. The Morgan fingerprint density at radius 3 is 2.22 bits per heavy atom. The van der Waals surface area contributed by atoms with Gasteiger partial charge in [-0.15, -0.1) is 0 Å². The molecule has 1 unspecified atom stereocenters. The standard InChI is InChI=1S/C11H6Cl4O3/c12-7-3-1-6(2-4-7)5-8-9(16)18-10(17-8)11(13,14)15/h1-5,10H/b8-5-. The van der Waals surface area contributed by atoms with E-state index in [0.29, 0.717) is 5.02 Å². The third kappa shape index (κ3) is 3.23. The molecule has 1 aromatic carbocycles. The van der Waals surface area contributed by atoms with Crippen LogP contribution < -0.4 is 0 Å². The Morgan fingerprint density at radius 2 is 1.72 bits per heavy atom. The Kier molecular flexibility index (Phi) is 3.97. The fraction of sp³-hybridized carbons (Fsp3) is 0.182. The molecular formula is C11H6Cl4O3. The number of hydrogen-bond acceptors (Lipinski definition) is 3. The summed E-state index contributed by atoms with van der Waals surface area (Å²) in [7, 11) is 0. The number of rotatable bonds is 1. The minimum absolute atomic E-state index is 0.0198. The van der Waals surface area contributed by atoms with Gasteiger partial charge in [-0.1, -0.05) is 58.5 Å². The van der Waals surface area contributed by atoms with Crippen LogP contribution in [0.4, 0.5) is 0 Å². The van der Waals surface area contributed by atoms with E-state index in [0.717, 1.165) is 5.56 Å². The average molecular weight is 328 g/mol. The highest BCUT2D eigenvalue weighted by molar-refractivity contribution is 6.68. The van der Waals surface area contributed by atoms with Crippen LogP contribution in [0.1, 0.15) is 5.56 Å². The van der Waals surface area contributed by atoms with Crippen molar-refractivity contribution in [2.24, 2.45) is 0 Å². The van der Waals surface area contributed by atoms with Gasteiger partial charge in [0, 0.05) is 5.02 Å². The van der Waals surface area contributed by atoms with Crippen molar-refractivity contribution in [3.8, 4) is 0 Å². The van der Waals surface area contributed by atoms with Gasteiger partial charge in [-0.25, -0.2) is 4.79 Å². The van der Waals surface area contributed by atoms with Crippen LogP contribution in [0.25, 0.3) is 6.08 Å². The Hall–Kier alpha value is -0.610. The molecule has 1 aliphatic heterocycles. The summed E-state index contributed by atoms with van der Waals surface area (Å²) in [6.07, 6.45) is 0.239. The van der Waals surface area contributed by atoms with Gasteiger partial charge >= 0.3 is 5.97 Å². The summed E-state index contributed by atoms with van der Waals surface area (Å²) in [6.45, 7) is 0. The van der Waals surface area contributed by atoms with Gasteiger partial charge in [-0.2, -0.15) is 0 Å². The Morgan fingerprint density at radius 1 is 1.11 bits per heavy atom. The number of hydrogen-bond donors (Lipinski definition) is 0. The second-order valence-electron chi connectivity index (χ2n) is 3.46. The maximum Gasteiger partial charge on any atom is 0.377 e. The summed E-state index contributed by atoms with van der Waals surface area (Å²) in [4.78, 5) is 11.5. The summed E-state index contributed by atoms with van der Waals surface area (Å²) in [5.74, 6) is -0.699. The first kappa shape index (κ1) is 13.8. The van der Waals surface area contributed by atoms with Gasteiger partial charge in [0.05, 0.1) is 0 Å². The lowest BCUT2D eigenvalue weighted by Gasteiger charge is -2.15. The number of cyclic esters (lactones) is 1. The van der Waals surface area contributed by atoms with Crippen LogP contribution in [0.3, 0.4) is 0 Å². The molecule has 1 saturated heterocycles. The van der Waals surface area contributed by atoms with Gasteiger partial charge in [0.25, 0.3) is 10.1 Å². The zero-order valence-electron chi connectivity index (χ0n) is 8.70. The van der Waals surface area contributed by atoms with Crippen LogP contribution in [-0.4, -0.2) is 16.1 Å². The van der Waals surface area contributed by atoms with Gasteiger partial charge in [0.1, 0.15) is 0 Å². The number of alkyl halides is 3. The van der Waals surface area contributed by atoms with E-state index in [1.807, 2.05) is 0 Å². The van der Waals surface area contributed by atoms with E-state index >= 15 is 0 Å². The molecule has 0 aromatic heterocycles. The van der Waals surface area contributed by atoms with Gasteiger partial charge in [-0.3, -0.25) is 0 Å². The quantitative estimate of drug-likeness (QED) is 0.445. The van der Waals surface area contributed by atoms with Crippen molar-refractivity contribution >= 4 is 58.4 Å². The molecule has 1 atom stereocenters. The van der Waals surface area contributed by atoms with Gasteiger partial charge < -0.3 is 9.47 Å². The van der Waals surface area contributed by atoms with Crippen LogP contribution in [0.15, 0.2) is 30.0 Å². The highest BCUT2D eigenvalue weighted by Gasteiger charge is 2.44. The van der Waals surface area contributed by atoms with Gasteiger partial charge in [0.2, 0.25) is 5.76 Å². The molecule has 0 radical (unpaired) electrons. The van der Waals surface area contributed by atoms with E-state index in [-0.39, 0.29) is 5.76 Å². The number of carbonyl (C=O) groups excluding carboxylic acids is 1. The molecule has 7 heteroatoms. The molecule has 1 aliphatic rings. The highest BCUT2D eigenvalue weighted by Crippen LogP contribution is 2.37. The molecular weight excluding hydrogens is 322 g/mol. The van der Waals surface area contributed by atoms with Crippen LogP contribution in [0.5, 0.6) is 0 Å². The first-order valence-electron chi connectivity index (χ1n) is 4.78. The molecule has 0 N–H and O–H groups in total. The van der Waals surface area contributed by atoms with Crippen molar-refractivity contribution < 1.29 is 14.3 Å². The Balaban J connectivity index is 2.19. The van der Waals surface area contributed by atoms with Gasteiger partial charge in [0.15, 0.2) is 0 Å². The van der Waals surface area contributed by atoms with Crippen LogP contribution in [-0.2, 0) is 14.3 Å². The molecule has 1 fully saturated rings. The second-order valence-corrected chi connectivity index (χ2v) is 6.26. The molecule has 0 spiro atoms. The molecule has 0 aliphatic carbocycles. The molecule has 1 heterocycles. The molecule has 2 rings (SSSR count). The minimum atomic E-state index is -1.83. The Labute approximate surface area is 123 Å². The third-order valence-corrected chi connectivity index (χ3v) is 2.87. The fourth-order valence-electron chi connectivity index (χ4n) is 1.28. The third-order valence-electron chi connectivity index (χ3n) is 2.08. The molecule has 18 heavy (non-hydrogen) atoms. The molecule has 0 saturated carbocycles. The van der Waals surface area contributed by atoms with E-state index in [2.05, 4.69) is 0 Å². The maximum absolute atomic E-state index is 11.5. The predicted octanol–water partition coefficient (Wildman–Crippen LogP) is 3.95. The van der Waals surface area contributed by atoms with Crippen molar-refractivity contribution in [1.29, 1.82) is 0 Å². The lowest BCUT2D eigenvalue weighted by Crippen LogP contribution is -2.26. The molecule has 96 valence electrons. The first-order valence-corrected chi connectivity index (χ1v) is 6.29. The zero-order chi connectivity index (χ0) is 13.3. The SMILES string of the molecule is O=C1OC(C(Cl)(Cl)Cl)O/C1=C\c1ccc(Cl)cc1. The van der Waals surface area contributed by atoms with Crippen LogP contribution >= 0.6 is 46.4 Å². The minimum Gasteiger partial charge on any atom is -0.443 e. The van der Waals surface area contributed by atoms with E-state index in [1.165, 1.54) is 6.08 Å². The Bertz CT molecular complexity index is 490. The molecule has 3 nitrogen and oxygen atoms in total. The lowest BCUT2D eigenvalue weighted by atomic mass is 10.2. The topological polar surface area (TPSA) is 35.5 Å². The van der Waals surface area contributed by atoms with E-state index in [1.54, 1.807) is 24.3 Å². The summed E-state index contributed by atoms with van der Waals surface area (Å²) in [6, 6.07) is 6.80. The van der Waals surface area contributed by atoms with E-state index < -0.39 is 16.1 Å². The summed E-state index contributed by atoms with van der Waals surface area (Å²) in [5, 5.41) is 0.589. The molecule has 0 bridgehead atoms. The average Bonchev–Trinajstić information content (AvgIpc) is 2.63. The molecule has 0 amide bonds. The largest absolute Gasteiger partial charge is 0.443 e. The van der Waals surface area contributed by atoms with Crippen molar-refractivity contribution in [2.45, 2.75) is 10.1 Å². The number of esters is 1. The highest BCUT2D eigenvalue weighted by atomic mass is 35.6. The van der Waals surface area contributed by atoms with Crippen LogP contribution in [0, 0.1) is 0 Å². The zero-order valence-corrected chi connectivity index (χ0v) is 11.7. The van der Waals surface area contributed by atoms with E-state index in [4.69, 9.17) is 55.9 Å². The first-order chi connectivity index (χ1) is 8.36. The van der Waals surface area contributed by atoms with Crippen molar-refractivity contribution in [3.63, 3.8) is 0 Å². The number of carbonyl (C=O) groups is 1. The van der Waals surface area contributed by atoms with Gasteiger partial charge in [-0.05, 0) is 23.8 Å². The number of benzene rings is 1. The second kappa shape index (κ2) is 5.17. The predicted molar refractivity (Wildman–Crippen MR) is 70.7 cm³/mol. The van der Waals surface area contributed by atoms with Crippen LogP contribution in [0.2, 0.25) is 5.02 Å². The smallest absolute Gasteiger partial charge is 0.377 e. The maximum atomic E-state index is 11.5. The van der Waals surface area contributed by atoms with Crippen molar-refractivity contribution in [1.82, 2.24) is 0 Å². The van der Waals surface area contributed by atoms with Crippen molar-refractivity contribution in [3.05, 3.63) is 40.6 Å². The normalized spacial score (nSPS) is 21.9. The summed E-state index contributed by atoms with van der Waals surface area (Å²) in [5.41, 5.74) is 0.719. The van der Waals surface area contributed by atoms with E-state index in [9.17, 15) is 4.79 Å². The lowest BCUT2D eigenvalue weighted by molar-refractivity contribution is -0.142. The van der Waals surface area contributed by atoms with Crippen molar-refractivity contribution in [2.75, 3.05) is 0 Å². The number of halogens is 4. The molecule has 1 aromatic rings. The summed E-state index contributed by atoms with van der Waals surface area (Å²) >= 11 is 22.5. The monoisotopic (exact) mass is 326 g/mol. The fourth-order valence-corrected chi connectivity index (χ4v) is 1.67.